The molecule has 2 unspecified atom stereocenters. The molecular formula is C11H18N4O2. The summed E-state index contributed by atoms with van der Waals surface area (Å²) in [5.74, 6) is 0.852. The fraction of sp³-hybridized carbons (Fsp3) is 0.818. The molecule has 17 heavy (non-hydrogen) atoms. The molecule has 2 fully saturated rings. The highest BCUT2D eigenvalue weighted by Gasteiger charge is 2.27. The average Bonchev–Trinajstić information content (AvgIpc) is 2.99. The van der Waals surface area contributed by atoms with Crippen LogP contribution in [0.5, 0.6) is 0 Å². The first-order chi connectivity index (χ1) is 8.36. The number of piperidine rings is 1. The highest BCUT2D eigenvalue weighted by molar-refractivity contribution is 4.99. The maximum Gasteiger partial charge on any atom is 0.343 e. The summed E-state index contributed by atoms with van der Waals surface area (Å²) in [5.41, 5.74) is -0.108. The number of H-pyrrole nitrogens is 1. The maximum absolute atomic E-state index is 11.8. The van der Waals surface area contributed by atoms with Gasteiger partial charge in [-0.2, -0.15) is 5.10 Å². The van der Waals surface area contributed by atoms with Crippen LogP contribution in [-0.4, -0.2) is 34.5 Å². The smallest absolute Gasteiger partial charge is 0.343 e. The molecule has 2 aliphatic heterocycles. The molecule has 0 saturated carbocycles. The van der Waals surface area contributed by atoms with Gasteiger partial charge in [0, 0.05) is 6.61 Å². The van der Waals surface area contributed by atoms with E-state index in [-0.39, 0.29) is 17.8 Å². The first kappa shape index (κ1) is 11.0. The van der Waals surface area contributed by atoms with Gasteiger partial charge in [0.05, 0.1) is 18.7 Å². The number of ether oxygens (including phenoxy) is 1. The van der Waals surface area contributed by atoms with Crippen LogP contribution in [0.15, 0.2) is 4.79 Å². The van der Waals surface area contributed by atoms with E-state index < -0.39 is 0 Å². The lowest BCUT2D eigenvalue weighted by molar-refractivity contribution is 0.184. The van der Waals surface area contributed by atoms with Gasteiger partial charge < -0.3 is 10.1 Å². The lowest BCUT2D eigenvalue weighted by Crippen LogP contribution is -2.32. The van der Waals surface area contributed by atoms with Gasteiger partial charge >= 0.3 is 5.69 Å². The van der Waals surface area contributed by atoms with Crippen molar-refractivity contribution >= 4 is 0 Å². The second kappa shape index (κ2) is 4.62. The quantitative estimate of drug-likeness (QED) is 0.779. The van der Waals surface area contributed by atoms with Crippen molar-refractivity contribution in [1.29, 1.82) is 0 Å². The van der Waals surface area contributed by atoms with Crippen LogP contribution in [0.2, 0.25) is 0 Å². The zero-order valence-corrected chi connectivity index (χ0v) is 9.82. The fourth-order valence-corrected chi connectivity index (χ4v) is 2.71. The third-order valence-corrected chi connectivity index (χ3v) is 3.62. The van der Waals surface area contributed by atoms with Gasteiger partial charge in [-0.3, -0.25) is 4.57 Å². The number of nitrogens with zero attached hydrogens (tertiary/aromatic N) is 2. The highest BCUT2D eigenvalue weighted by Crippen LogP contribution is 2.25. The SMILES string of the molecule is O=c1[nH]nc(C2CCCCN2)n1C1CCOC1. The first-order valence-corrected chi connectivity index (χ1v) is 6.34. The Bertz CT molecular complexity index is 427. The molecule has 94 valence electrons. The number of aromatic nitrogens is 3. The average molecular weight is 238 g/mol. The van der Waals surface area contributed by atoms with Crippen LogP contribution in [0, 0.1) is 0 Å². The summed E-state index contributed by atoms with van der Waals surface area (Å²) in [7, 11) is 0. The first-order valence-electron chi connectivity index (χ1n) is 6.34. The molecule has 6 heteroatoms. The van der Waals surface area contributed by atoms with E-state index in [0.29, 0.717) is 6.61 Å². The molecule has 0 amide bonds. The van der Waals surface area contributed by atoms with Crippen LogP contribution < -0.4 is 11.0 Å². The summed E-state index contributed by atoms with van der Waals surface area (Å²) < 4.78 is 7.14. The van der Waals surface area contributed by atoms with E-state index in [4.69, 9.17) is 4.74 Å². The Morgan fingerprint density at radius 3 is 3.00 bits per heavy atom. The fourth-order valence-electron chi connectivity index (χ4n) is 2.71. The van der Waals surface area contributed by atoms with E-state index in [9.17, 15) is 4.79 Å². The summed E-state index contributed by atoms with van der Waals surface area (Å²) in [5, 5.41) is 10.2. The van der Waals surface area contributed by atoms with Crippen molar-refractivity contribution in [2.24, 2.45) is 0 Å². The second-order valence-electron chi connectivity index (χ2n) is 4.78. The normalized spacial score (nSPS) is 29.6. The minimum atomic E-state index is -0.108. The summed E-state index contributed by atoms with van der Waals surface area (Å²) in [6.07, 6.45) is 4.36. The second-order valence-corrected chi connectivity index (χ2v) is 4.78. The predicted molar refractivity (Wildman–Crippen MR) is 61.9 cm³/mol. The van der Waals surface area contributed by atoms with Crippen LogP contribution >= 0.6 is 0 Å². The van der Waals surface area contributed by atoms with Gasteiger partial charge in [-0.05, 0) is 25.8 Å². The van der Waals surface area contributed by atoms with Gasteiger partial charge in [0.15, 0.2) is 5.82 Å². The molecule has 0 radical (unpaired) electrons. The predicted octanol–water partition coefficient (Wildman–Crippen LogP) is 0.347. The topological polar surface area (TPSA) is 71.9 Å². The van der Waals surface area contributed by atoms with Gasteiger partial charge in [-0.15, -0.1) is 0 Å². The zero-order chi connectivity index (χ0) is 11.7. The zero-order valence-electron chi connectivity index (χ0n) is 9.82. The molecule has 2 atom stereocenters. The minimum Gasteiger partial charge on any atom is -0.379 e. The summed E-state index contributed by atoms with van der Waals surface area (Å²) >= 11 is 0. The van der Waals surface area contributed by atoms with Crippen molar-refractivity contribution in [3.63, 3.8) is 0 Å². The Hall–Kier alpha value is -1.14. The molecule has 1 aromatic rings. The van der Waals surface area contributed by atoms with E-state index in [2.05, 4.69) is 15.5 Å². The van der Waals surface area contributed by atoms with Gasteiger partial charge in [0.2, 0.25) is 0 Å². The molecule has 1 aromatic heterocycles. The third kappa shape index (κ3) is 2.02. The molecule has 0 aromatic carbocycles. The number of hydrogen-bond donors (Lipinski definition) is 2. The lowest BCUT2D eigenvalue weighted by Gasteiger charge is -2.24. The van der Waals surface area contributed by atoms with Crippen LogP contribution in [-0.2, 0) is 4.74 Å². The van der Waals surface area contributed by atoms with E-state index in [1.807, 2.05) is 0 Å². The third-order valence-electron chi connectivity index (χ3n) is 3.62. The molecule has 0 bridgehead atoms. The largest absolute Gasteiger partial charge is 0.379 e. The standard InChI is InChI=1S/C11H18N4O2/c16-11-14-13-10(9-3-1-2-5-12-9)15(11)8-4-6-17-7-8/h8-9,12H,1-7H2,(H,14,16). The Morgan fingerprint density at radius 1 is 1.35 bits per heavy atom. The van der Waals surface area contributed by atoms with Crippen molar-refractivity contribution in [2.75, 3.05) is 19.8 Å². The van der Waals surface area contributed by atoms with E-state index in [0.717, 1.165) is 31.8 Å². The molecule has 2 aliphatic rings. The number of nitrogens with one attached hydrogen (secondary N) is 2. The van der Waals surface area contributed by atoms with Crippen molar-refractivity contribution in [2.45, 2.75) is 37.8 Å². The maximum atomic E-state index is 11.8. The van der Waals surface area contributed by atoms with Crippen LogP contribution in [0.1, 0.15) is 43.6 Å². The molecular weight excluding hydrogens is 220 g/mol. The van der Waals surface area contributed by atoms with Gasteiger partial charge in [0.25, 0.3) is 0 Å². The van der Waals surface area contributed by atoms with Crippen LogP contribution in [0.3, 0.4) is 0 Å². The van der Waals surface area contributed by atoms with Crippen LogP contribution in [0.4, 0.5) is 0 Å². The molecule has 3 heterocycles. The van der Waals surface area contributed by atoms with E-state index in [1.54, 1.807) is 4.57 Å². The summed E-state index contributed by atoms with van der Waals surface area (Å²) in [4.78, 5) is 11.8. The Kier molecular flexibility index (Phi) is 2.98. The Labute approximate surface area is 99.4 Å². The van der Waals surface area contributed by atoms with Crippen molar-refractivity contribution in [3.8, 4) is 0 Å². The molecule has 2 N–H and O–H groups in total. The van der Waals surface area contributed by atoms with Crippen LogP contribution in [0.25, 0.3) is 0 Å². The number of rotatable bonds is 2. The molecule has 6 nitrogen and oxygen atoms in total. The molecule has 2 saturated heterocycles. The number of hydrogen-bond acceptors (Lipinski definition) is 4. The Balaban J connectivity index is 1.90. The summed E-state index contributed by atoms with van der Waals surface area (Å²) in [6, 6.07) is 0.364. The highest BCUT2D eigenvalue weighted by atomic mass is 16.5. The summed E-state index contributed by atoms with van der Waals surface area (Å²) in [6.45, 7) is 2.37. The molecule has 0 spiro atoms. The van der Waals surface area contributed by atoms with Crippen molar-refractivity contribution < 1.29 is 4.74 Å². The molecule has 0 aliphatic carbocycles. The lowest BCUT2D eigenvalue weighted by atomic mass is 10.0. The minimum absolute atomic E-state index is 0.108. The Morgan fingerprint density at radius 2 is 2.29 bits per heavy atom. The van der Waals surface area contributed by atoms with Gasteiger partial charge in [-0.1, -0.05) is 6.42 Å². The van der Waals surface area contributed by atoms with Gasteiger partial charge in [0.1, 0.15) is 0 Å². The van der Waals surface area contributed by atoms with Gasteiger partial charge in [-0.25, -0.2) is 9.89 Å². The van der Waals surface area contributed by atoms with E-state index >= 15 is 0 Å². The number of aromatic amines is 1. The molecule has 3 rings (SSSR count). The van der Waals surface area contributed by atoms with E-state index in [1.165, 1.54) is 12.8 Å². The van der Waals surface area contributed by atoms with Crippen molar-refractivity contribution in [1.82, 2.24) is 20.1 Å². The monoisotopic (exact) mass is 238 g/mol. The van der Waals surface area contributed by atoms with Crippen molar-refractivity contribution in [3.05, 3.63) is 16.3 Å².